The minimum Gasteiger partial charge on any atom is -0.496 e. The van der Waals surface area contributed by atoms with Crippen molar-refractivity contribution in [3.05, 3.63) is 29.3 Å². The van der Waals surface area contributed by atoms with E-state index >= 15 is 0 Å². The Balaban J connectivity index is 2.01. The van der Waals surface area contributed by atoms with Crippen LogP contribution < -0.4 is 4.74 Å². The second-order valence-corrected chi connectivity index (χ2v) is 5.28. The number of methoxy groups -OCH3 is 1. The summed E-state index contributed by atoms with van der Waals surface area (Å²) in [6, 6.07) is 6.02. The summed E-state index contributed by atoms with van der Waals surface area (Å²) in [5.74, 6) is 1.11. The highest BCUT2D eigenvalue weighted by Crippen LogP contribution is 2.20. The molecule has 0 aliphatic carbocycles. The molecule has 0 unspecified atom stereocenters. The molecular formula is C16H23NO2. The molecule has 1 heterocycles. The van der Waals surface area contributed by atoms with Crippen molar-refractivity contribution in [1.82, 2.24) is 4.90 Å². The van der Waals surface area contributed by atoms with Gasteiger partial charge in [0.15, 0.2) is 0 Å². The van der Waals surface area contributed by atoms with E-state index in [0.717, 1.165) is 42.8 Å². The van der Waals surface area contributed by atoms with E-state index in [9.17, 15) is 4.79 Å². The molecule has 1 aliphatic heterocycles. The van der Waals surface area contributed by atoms with E-state index in [0.29, 0.717) is 6.42 Å². The van der Waals surface area contributed by atoms with Gasteiger partial charge >= 0.3 is 0 Å². The van der Waals surface area contributed by atoms with Gasteiger partial charge in [-0.15, -0.1) is 0 Å². The van der Waals surface area contributed by atoms with Crippen LogP contribution in [0, 0.1) is 6.92 Å². The molecule has 0 N–H and O–H groups in total. The highest BCUT2D eigenvalue weighted by Gasteiger charge is 2.16. The average Bonchev–Trinajstić information content (AvgIpc) is 2.70. The van der Waals surface area contributed by atoms with E-state index in [1.165, 1.54) is 12.8 Å². The van der Waals surface area contributed by atoms with Gasteiger partial charge in [-0.3, -0.25) is 4.79 Å². The summed E-state index contributed by atoms with van der Waals surface area (Å²) < 4.78 is 5.31. The number of amides is 1. The topological polar surface area (TPSA) is 29.5 Å². The Morgan fingerprint density at radius 1 is 1.21 bits per heavy atom. The number of hydrogen-bond donors (Lipinski definition) is 0. The first-order valence-corrected chi connectivity index (χ1v) is 7.12. The van der Waals surface area contributed by atoms with Crippen LogP contribution in [-0.2, 0) is 11.2 Å². The van der Waals surface area contributed by atoms with Crippen molar-refractivity contribution < 1.29 is 9.53 Å². The lowest BCUT2D eigenvalue weighted by atomic mass is 10.1. The molecule has 1 aromatic rings. The summed E-state index contributed by atoms with van der Waals surface area (Å²) in [6.45, 7) is 3.85. The molecule has 1 amide bonds. The van der Waals surface area contributed by atoms with Crippen LogP contribution >= 0.6 is 0 Å². The number of ether oxygens (including phenoxy) is 1. The molecule has 0 spiro atoms. The lowest BCUT2D eigenvalue weighted by Crippen LogP contribution is -2.33. The fourth-order valence-corrected chi connectivity index (χ4v) is 2.58. The molecular weight excluding hydrogens is 238 g/mol. The summed E-state index contributed by atoms with van der Waals surface area (Å²) in [4.78, 5) is 14.3. The van der Waals surface area contributed by atoms with Crippen LogP contribution in [0.3, 0.4) is 0 Å². The Hall–Kier alpha value is -1.51. The lowest BCUT2D eigenvalue weighted by Gasteiger charge is -2.20. The molecule has 0 aromatic heterocycles. The number of aryl methyl sites for hydroxylation is 1. The molecule has 1 fully saturated rings. The van der Waals surface area contributed by atoms with Gasteiger partial charge in [-0.1, -0.05) is 25.0 Å². The molecule has 0 bridgehead atoms. The quantitative estimate of drug-likeness (QED) is 0.837. The normalized spacial score (nSPS) is 16.0. The van der Waals surface area contributed by atoms with E-state index in [1.54, 1.807) is 7.11 Å². The second kappa shape index (κ2) is 6.60. The van der Waals surface area contributed by atoms with Crippen molar-refractivity contribution in [2.24, 2.45) is 0 Å². The summed E-state index contributed by atoms with van der Waals surface area (Å²) >= 11 is 0. The molecule has 104 valence electrons. The second-order valence-electron chi connectivity index (χ2n) is 5.28. The van der Waals surface area contributed by atoms with E-state index in [2.05, 4.69) is 0 Å². The van der Waals surface area contributed by atoms with Crippen LogP contribution in [0.4, 0.5) is 0 Å². The van der Waals surface area contributed by atoms with Gasteiger partial charge in [-0.25, -0.2) is 0 Å². The molecule has 3 heteroatoms. The van der Waals surface area contributed by atoms with E-state index in [-0.39, 0.29) is 5.91 Å². The summed E-state index contributed by atoms with van der Waals surface area (Å²) in [5, 5.41) is 0. The molecule has 1 aromatic carbocycles. The maximum absolute atomic E-state index is 12.3. The van der Waals surface area contributed by atoms with Gasteiger partial charge in [-0.05, 0) is 37.0 Å². The number of benzene rings is 1. The predicted octanol–water partition coefficient (Wildman–Crippen LogP) is 2.95. The zero-order chi connectivity index (χ0) is 13.7. The van der Waals surface area contributed by atoms with Gasteiger partial charge in [0.25, 0.3) is 0 Å². The Morgan fingerprint density at radius 2 is 1.89 bits per heavy atom. The van der Waals surface area contributed by atoms with Gasteiger partial charge in [0.2, 0.25) is 5.91 Å². The highest BCUT2D eigenvalue weighted by atomic mass is 16.5. The average molecular weight is 261 g/mol. The van der Waals surface area contributed by atoms with Gasteiger partial charge in [-0.2, -0.15) is 0 Å². The number of likely N-dealkylation sites (tertiary alicyclic amines) is 1. The van der Waals surface area contributed by atoms with Crippen molar-refractivity contribution in [3.8, 4) is 5.75 Å². The third kappa shape index (κ3) is 3.72. The molecule has 1 saturated heterocycles. The van der Waals surface area contributed by atoms with E-state index < -0.39 is 0 Å². The Bertz CT molecular complexity index is 434. The largest absolute Gasteiger partial charge is 0.496 e. The van der Waals surface area contributed by atoms with Gasteiger partial charge in [0.1, 0.15) is 5.75 Å². The Labute approximate surface area is 115 Å². The van der Waals surface area contributed by atoms with Crippen molar-refractivity contribution in [1.29, 1.82) is 0 Å². The summed E-state index contributed by atoms with van der Waals surface area (Å²) in [5.41, 5.74) is 2.14. The molecule has 1 aliphatic rings. The smallest absolute Gasteiger partial charge is 0.226 e. The van der Waals surface area contributed by atoms with Gasteiger partial charge in [0.05, 0.1) is 13.5 Å². The van der Waals surface area contributed by atoms with Crippen LogP contribution in [0.25, 0.3) is 0 Å². The fraction of sp³-hybridized carbons (Fsp3) is 0.562. The lowest BCUT2D eigenvalue weighted by molar-refractivity contribution is -0.130. The zero-order valence-electron chi connectivity index (χ0n) is 11.9. The zero-order valence-corrected chi connectivity index (χ0v) is 11.9. The van der Waals surface area contributed by atoms with Crippen LogP contribution in [0.15, 0.2) is 18.2 Å². The van der Waals surface area contributed by atoms with Crippen molar-refractivity contribution >= 4 is 5.91 Å². The molecule has 3 nitrogen and oxygen atoms in total. The number of nitrogens with zero attached hydrogens (tertiary/aromatic N) is 1. The maximum Gasteiger partial charge on any atom is 0.226 e. The number of hydrogen-bond acceptors (Lipinski definition) is 2. The van der Waals surface area contributed by atoms with Crippen LogP contribution in [-0.4, -0.2) is 31.0 Å². The highest BCUT2D eigenvalue weighted by molar-refractivity contribution is 5.79. The minimum atomic E-state index is 0.243. The van der Waals surface area contributed by atoms with E-state index in [1.807, 2.05) is 30.0 Å². The molecule has 0 radical (unpaired) electrons. The third-order valence-corrected chi connectivity index (χ3v) is 3.79. The first-order valence-electron chi connectivity index (χ1n) is 7.12. The van der Waals surface area contributed by atoms with Crippen LogP contribution in [0.5, 0.6) is 5.75 Å². The van der Waals surface area contributed by atoms with Crippen molar-refractivity contribution in [2.45, 2.75) is 39.0 Å². The van der Waals surface area contributed by atoms with Gasteiger partial charge in [0, 0.05) is 13.1 Å². The number of rotatable bonds is 3. The standard InChI is InChI=1S/C16H23NO2/c1-13-7-8-14(11-15(13)19-2)12-16(18)17-9-5-3-4-6-10-17/h7-8,11H,3-6,9-10,12H2,1-2H3. The predicted molar refractivity (Wildman–Crippen MR) is 76.5 cm³/mol. The molecule has 0 saturated carbocycles. The SMILES string of the molecule is COc1cc(CC(=O)N2CCCCCC2)ccc1C. The molecule has 2 rings (SSSR count). The third-order valence-electron chi connectivity index (χ3n) is 3.79. The number of carbonyl (C=O) groups excluding carboxylic acids is 1. The summed E-state index contributed by atoms with van der Waals surface area (Å²) in [7, 11) is 1.67. The maximum atomic E-state index is 12.3. The van der Waals surface area contributed by atoms with Crippen molar-refractivity contribution in [2.75, 3.05) is 20.2 Å². The Kier molecular flexibility index (Phi) is 4.83. The van der Waals surface area contributed by atoms with Crippen molar-refractivity contribution in [3.63, 3.8) is 0 Å². The first kappa shape index (κ1) is 13.9. The summed E-state index contributed by atoms with van der Waals surface area (Å²) in [6.07, 6.45) is 5.27. The van der Waals surface area contributed by atoms with Gasteiger partial charge < -0.3 is 9.64 Å². The minimum absolute atomic E-state index is 0.243. The first-order chi connectivity index (χ1) is 9.20. The van der Waals surface area contributed by atoms with Crippen LogP contribution in [0.1, 0.15) is 36.8 Å². The van der Waals surface area contributed by atoms with E-state index in [4.69, 9.17) is 4.74 Å². The molecule has 0 atom stereocenters. The fourth-order valence-electron chi connectivity index (χ4n) is 2.58. The Morgan fingerprint density at radius 3 is 2.53 bits per heavy atom. The molecule has 19 heavy (non-hydrogen) atoms. The van der Waals surface area contributed by atoms with Crippen LogP contribution in [0.2, 0.25) is 0 Å². The number of carbonyl (C=O) groups is 1. The monoisotopic (exact) mass is 261 g/mol.